The minimum Gasteiger partial charge on any atom is -0.384 e. The average Bonchev–Trinajstić information content (AvgIpc) is 2.39. The first kappa shape index (κ1) is 16.2. The Hall–Kier alpha value is -0.890. The third kappa shape index (κ3) is 6.20. The van der Waals surface area contributed by atoms with Gasteiger partial charge in [0.25, 0.3) is 5.69 Å². The summed E-state index contributed by atoms with van der Waals surface area (Å²) in [5.41, 5.74) is 1.05. The molecule has 1 N–H and O–H groups in total. The Morgan fingerprint density at radius 3 is 2.74 bits per heavy atom. The molecule has 0 aromatic heterocycles. The molecule has 0 spiro atoms. The number of rotatable bonds is 9. The van der Waals surface area contributed by atoms with Gasteiger partial charge in [0, 0.05) is 41.1 Å². The number of nitrogens with one attached hydrogen (secondary N) is 1. The summed E-state index contributed by atoms with van der Waals surface area (Å²) in [5, 5.41) is 13.9. The summed E-state index contributed by atoms with van der Waals surface area (Å²) in [6.07, 6.45) is 3.18. The van der Waals surface area contributed by atoms with Gasteiger partial charge >= 0.3 is 0 Å². The summed E-state index contributed by atoms with van der Waals surface area (Å²) in [5.74, 6) is 0. The van der Waals surface area contributed by atoms with E-state index in [1.165, 1.54) is 6.07 Å². The van der Waals surface area contributed by atoms with Crippen molar-refractivity contribution in [2.24, 2.45) is 0 Å². The van der Waals surface area contributed by atoms with E-state index in [1.807, 2.05) is 0 Å². The Morgan fingerprint density at radius 2 is 2.11 bits per heavy atom. The van der Waals surface area contributed by atoms with Gasteiger partial charge in [-0.3, -0.25) is 10.1 Å². The number of halogens is 1. The van der Waals surface area contributed by atoms with E-state index < -0.39 is 0 Å². The summed E-state index contributed by atoms with van der Waals surface area (Å²) < 4.78 is 6.32. The first-order valence-corrected chi connectivity index (χ1v) is 7.48. The molecule has 0 bridgehead atoms. The van der Waals surface area contributed by atoms with Crippen molar-refractivity contribution < 1.29 is 9.66 Å². The van der Waals surface area contributed by atoms with Gasteiger partial charge in [-0.2, -0.15) is 0 Å². The minimum absolute atomic E-state index is 0.123. The van der Waals surface area contributed by atoms with Crippen LogP contribution in [0.4, 0.5) is 11.4 Å². The standard InChI is InChI=1S/C13H19IN2O3/c1-2-3-8-19-9-4-7-15-13-6-5-11(16(17)18)10-12(13)14/h5-6,10,15H,2-4,7-9H2,1H3. The highest BCUT2D eigenvalue weighted by Gasteiger charge is 2.08. The monoisotopic (exact) mass is 378 g/mol. The van der Waals surface area contributed by atoms with E-state index in [0.717, 1.165) is 48.3 Å². The van der Waals surface area contributed by atoms with E-state index in [0.29, 0.717) is 0 Å². The average molecular weight is 378 g/mol. The highest BCUT2D eigenvalue weighted by atomic mass is 127. The van der Waals surface area contributed by atoms with E-state index in [2.05, 4.69) is 34.8 Å². The third-order valence-electron chi connectivity index (χ3n) is 2.59. The van der Waals surface area contributed by atoms with Crippen LogP contribution in [0.1, 0.15) is 26.2 Å². The van der Waals surface area contributed by atoms with Crippen molar-refractivity contribution in [3.8, 4) is 0 Å². The van der Waals surface area contributed by atoms with Gasteiger partial charge in [-0.1, -0.05) is 13.3 Å². The molecule has 1 aromatic carbocycles. The summed E-state index contributed by atoms with van der Waals surface area (Å²) in [7, 11) is 0. The van der Waals surface area contributed by atoms with Gasteiger partial charge in [0.15, 0.2) is 0 Å². The number of nitro groups is 1. The van der Waals surface area contributed by atoms with Gasteiger partial charge in [-0.25, -0.2) is 0 Å². The van der Waals surface area contributed by atoms with Gasteiger partial charge in [0.1, 0.15) is 0 Å². The topological polar surface area (TPSA) is 64.4 Å². The van der Waals surface area contributed by atoms with Crippen LogP contribution in [0.5, 0.6) is 0 Å². The van der Waals surface area contributed by atoms with Crippen LogP contribution < -0.4 is 5.32 Å². The molecule has 0 atom stereocenters. The van der Waals surface area contributed by atoms with Gasteiger partial charge in [0.05, 0.1) is 4.92 Å². The lowest BCUT2D eigenvalue weighted by atomic mass is 10.3. The van der Waals surface area contributed by atoms with E-state index in [-0.39, 0.29) is 10.6 Å². The molecular formula is C13H19IN2O3. The molecule has 0 fully saturated rings. The first-order valence-electron chi connectivity index (χ1n) is 6.40. The number of benzene rings is 1. The fourth-order valence-electron chi connectivity index (χ4n) is 1.51. The number of unbranched alkanes of at least 4 members (excludes halogenated alkanes) is 1. The quantitative estimate of drug-likeness (QED) is 0.307. The summed E-state index contributed by atoms with van der Waals surface area (Å²) in [6.45, 7) is 4.52. The molecular weight excluding hydrogens is 359 g/mol. The second kappa shape index (κ2) is 9.08. The van der Waals surface area contributed by atoms with E-state index in [4.69, 9.17) is 4.74 Å². The Morgan fingerprint density at radius 1 is 1.37 bits per heavy atom. The molecule has 0 heterocycles. The Balaban J connectivity index is 2.28. The zero-order chi connectivity index (χ0) is 14.1. The lowest BCUT2D eigenvalue weighted by Crippen LogP contribution is -2.07. The molecule has 0 aliphatic carbocycles. The molecule has 106 valence electrons. The number of ether oxygens (including phenoxy) is 1. The Kier molecular flexibility index (Phi) is 7.73. The summed E-state index contributed by atoms with van der Waals surface area (Å²) in [4.78, 5) is 10.2. The molecule has 6 heteroatoms. The van der Waals surface area contributed by atoms with Crippen molar-refractivity contribution >= 4 is 34.0 Å². The Labute approximate surface area is 127 Å². The molecule has 0 saturated heterocycles. The maximum Gasteiger partial charge on any atom is 0.270 e. The van der Waals surface area contributed by atoms with Crippen LogP contribution in [0.3, 0.4) is 0 Å². The van der Waals surface area contributed by atoms with Crippen molar-refractivity contribution in [1.82, 2.24) is 0 Å². The highest BCUT2D eigenvalue weighted by Crippen LogP contribution is 2.23. The normalized spacial score (nSPS) is 10.4. The van der Waals surface area contributed by atoms with Crippen molar-refractivity contribution in [3.05, 3.63) is 31.9 Å². The number of hydrogen-bond acceptors (Lipinski definition) is 4. The molecule has 0 aliphatic heterocycles. The number of nitro benzene ring substituents is 1. The van der Waals surface area contributed by atoms with Crippen LogP contribution in [0.15, 0.2) is 18.2 Å². The van der Waals surface area contributed by atoms with Crippen molar-refractivity contribution in [1.29, 1.82) is 0 Å². The smallest absolute Gasteiger partial charge is 0.270 e. The summed E-state index contributed by atoms with van der Waals surface area (Å²) in [6, 6.07) is 4.83. The lowest BCUT2D eigenvalue weighted by Gasteiger charge is -2.08. The van der Waals surface area contributed by atoms with Crippen LogP contribution >= 0.6 is 22.6 Å². The van der Waals surface area contributed by atoms with Crippen molar-refractivity contribution in [3.63, 3.8) is 0 Å². The fourth-order valence-corrected chi connectivity index (χ4v) is 2.20. The summed E-state index contributed by atoms with van der Waals surface area (Å²) >= 11 is 2.10. The van der Waals surface area contributed by atoms with Gasteiger partial charge in [-0.05, 0) is 41.5 Å². The molecule has 0 saturated carbocycles. The van der Waals surface area contributed by atoms with E-state index in [9.17, 15) is 10.1 Å². The number of hydrogen-bond donors (Lipinski definition) is 1. The molecule has 1 aromatic rings. The number of anilines is 1. The first-order chi connectivity index (χ1) is 9.15. The molecule has 19 heavy (non-hydrogen) atoms. The Bertz CT molecular complexity index is 413. The van der Waals surface area contributed by atoms with E-state index >= 15 is 0 Å². The van der Waals surface area contributed by atoms with Crippen LogP contribution in [-0.2, 0) is 4.74 Å². The third-order valence-corrected chi connectivity index (χ3v) is 3.48. The van der Waals surface area contributed by atoms with Gasteiger partial charge in [-0.15, -0.1) is 0 Å². The fraction of sp³-hybridized carbons (Fsp3) is 0.538. The second-order valence-electron chi connectivity index (χ2n) is 4.17. The zero-order valence-electron chi connectivity index (χ0n) is 11.0. The van der Waals surface area contributed by atoms with Crippen LogP contribution in [0.25, 0.3) is 0 Å². The minimum atomic E-state index is -0.381. The second-order valence-corrected chi connectivity index (χ2v) is 5.33. The molecule has 5 nitrogen and oxygen atoms in total. The highest BCUT2D eigenvalue weighted by molar-refractivity contribution is 14.1. The molecule has 0 unspecified atom stereocenters. The molecule has 0 aliphatic rings. The predicted octanol–water partition coefficient (Wildman–Crippen LogP) is 3.82. The predicted molar refractivity (Wildman–Crippen MR) is 84.6 cm³/mol. The van der Waals surface area contributed by atoms with Crippen LogP contribution in [0.2, 0.25) is 0 Å². The number of nitrogens with zero attached hydrogens (tertiary/aromatic N) is 1. The molecule has 1 rings (SSSR count). The molecule has 0 radical (unpaired) electrons. The maximum atomic E-state index is 10.6. The van der Waals surface area contributed by atoms with Crippen LogP contribution in [-0.4, -0.2) is 24.7 Å². The zero-order valence-corrected chi connectivity index (χ0v) is 13.2. The maximum absolute atomic E-state index is 10.6. The van der Waals surface area contributed by atoms with E-state index in [1.54, 1.807) is 12.1 Å². The van der Waals surface area contributed by atoms with Crippen molar-refractivity contribution in [2.75, 3.05) is 25.1 Å². The lowest BCUT2D eigenvalue weighted by molar-refractivity contribution is -0.384. The largest absolute Gasteiger partial charge is 0.384 e. The van der Waals surface area contributed by atoms with Crippen molar-refractivity contribution in [2.45, 2.75) is 26.2 Å². The molecule has 0 amide bonds. The SMILES string of the molecule is CCCCOCCCNc1ccc([N+](=O)[O-])cc1I. The van der Waals surface area contributed by atoms with Gasteiger partial charge in [0.2, 0.25) is 0 Å². The van der Waals surface area contributed by atoms with Gasteiger partial charge < -0.3 is 10.1 Å². The number of non-ortho nitro benzene ring substituents is 1. The van der Waals surface area contributed by atoms with Crippen LogP contribution in [0, 0.1) is 13.7 Å².